The molecule has 0 bridgehead atoms. The van der Waals surface area contributed by atoms with Gasteiger partial charge >= 0.3 is 0 Å². The van der Waals surface area contributed by atoms with Crippen LogP contribution in [0.5, 0.6) is 17.2 Å². The summed E-state index contributed by atoms with van der Waals surface area (Å²) in [5.41, 5.74) is 4.74. The Kier molecular flexibility index (Phi) is 10.5. The largest absolute Gasteiger partial charge is 0.508 e. The predicted octanol–water partition coefficient (Wildman–Crippen LogP) is 6.99. The van der Waals surface area contributed by atoms with Crippen molar-refractivity contribution in [2.24, 2.45) is 0 Å². The second kappa shape index (κ2) is 14.2. The van der Waals surface area contributed by atoms with Gasteiger partial charge in [0.1, 0.15) is 18.1 Å². The topological polar surface area (TPSA) is 45.2 Å². The summed E-state index contributed by atoms with van der Waals surface area (Å²) in [4.78, 5) is 4.59. The van der Waals surface area contributed by atoms with E-state index in [-0.39, 0.29) is 11.9 Å². The van der Waals surface area contributed by atoms with Gasteiger partial charge in [-0.15, -0.1) is 0 Å². The molecule has 1 heterocycles. The van der Waals surface area contributed by atoms with Gasteiger partial charge in [-0.25, -0.2) is 4.39 Å². The highest BCUT2D eigenvalue weighted by Gasteiger charge is 2.15. The van der Waals surface area contributed by atoms with Crippen molar-refractivity contribution in [2.45, 2.75) is 65.0 Å². The molecule has 2 aliphatic rings. The van der Waals surface area contributed by atoms with Crippen molar-refractivity contribution >= 4 is 5.69 Å². The van der Waals surface area contributed by atoms with Gasteiger partial charge in [0.15, 0.2) is 11.6 Å². The first-order valence-electron chi connectivity index (χ1n) is 14.3. The van der Waals surface area contributed by atoms with Crippen LogP contribution in [0, 0.1) is 5.82 Å². The van der Waals surface area contributed by atoms with Crippen LogP contribution in [0.1, 0.15) is 56.2 Å². The lowest BCUT2D eigenvalue weighted by Gasteiger charge is -2.29. The summed E-state index contributed by atoms with van der Waals surface area (Å²) in [6.45, 7) is 8.52. The smallest absolute Gasteiger partial charge is 0.165 e. The number of likely N-dealkylation sites (tertiary alicyclic amines) is 1. The monoisotopic (exact) mass is 534 g/mol. The van der Waals surface area contributed by atoms with Crippen LogP contribution in [0.4, 0.5) is 10.1 Å². The Labute approximate surface area is 233 Å². The van der Waals surface area contributed by atoms with E-state index in [1.807, 2.05) is 36.4 Å². The average Bonchev–Trinajstić information content (AvgIpc) is 3.46. The Morgan fingerprint density at radius 1 is 0.923 bits per heavy atom. The highest BCUT2D eigenvalue weighted by molar-refractivity contribution is 5.52. The maximum atomic E-state index is 14.5. The van der Waals surface area contributed by atoms with Crippen molar-refractivity contribution in [3.05, 3.63) is 83.2 Å². The first-order chi connectivity index (χ1) is 18.9. The van der Waals surface area contributed by atoms with Crippen LogP contribution in [-0.2, 0) is 19.4 Å². The summed E-state index contributed by atoms with van der Waals surface area (Å²) >= 11 is 0. The highest BCUT2D eigenvalue weighted by Crippen LogP contribution is 2.27. The number of fused-ring (bicyclic) bond motifs is 1. The van der Waals surface area contributed by atoms with Crippen LogP contribution in [0.3, 0.4) is 0 Å². The van der Waals surface area contributed by atoms with Crippen LogP contribution < -0.4 is 14.4 Å². The zero-order chi connectivity index (χ0) is 27.6. The van der Waals surface area contributed by atoms with Crippen molar-refractivity contribution in [1.82, 2.24) is 4.90 Å². The Morgan fingerprint density at radius 3 is 2.41 bits per heavy atom. The molecule has 210 valence electrons. The molecule has 5 rings (SSSR count). The van der Waals surface area contributed by atoms with Gasteiger partial charge in [0.25, 0.3) is 0 Å². The number of aromatic hydroxyl groups is 1. The summed E-state index contributed by atoms with van der Waals surface area (Å²) in [6.07, 6.45) is 7.42. The summed E-state index contributed by atoms with van der Waals surface area (Å²) in [5, 5.41) is 9.19. The van der Waals surface area contributed by atoms with Crippen LogP contribution in [-0.4, -0.2) is 49.4 Å². The fraction of sp³-hybridized carbons (Fsp3) is 0.455. The minimum atomic E-state index is -0.298. The van der Waals surface area contributed by atoms with Crippen LogP contribution >= 0.6 is 0 Å². The second-order valence-corrected chi connectivity index (χ2v) is 10.7. The fourth-order valence-corrected chi connectivity index (χ4v) is 5.33. The molecule has 1 aliphatic carbocycles. The van der Waals surface area contributed by atoms with Crippen molar-refractivity contribution < 1.29 is 19.0 Å². The lowest BCUT2D eigenvalue weighted by molar-refractivity contribution is 0.231. The van der Waals surface area contributed by atoms with Crippen molar-refractivity contribution in [2.75, 3.05) is 38.3 Å². The van der Waals surface area contributed by atoms with Crippen LogP contribution in [0.15, 0.2) is 60.7 Å². The molecular weight excluding hydrogens is 491 g/mol. The molecule has 39 heavy (non-hydrogen) atoms. The second-order valence-electron chi connectivity index (χ2n) is 10.7. The number of hydrogen-bond donors (Lipinski definition) is 1. The number of anilines is 1. The number of methoxy groups -OCH3 is 1. The molecule has 0 aromatic heterocycles. The normalized spacial score (nSPS) is 14.9. The van der Waals surface area contributed by atoms with Crippen molar-refractivity contribution in [3.8, 4) is 17.2 Å². The molecule has 1 aliphatic heterocycles. The SMILES string of the molecule is COc1cccc(N(Cc2ccc(OCCN3CCCC3)c(F)c2)C(C)C)c1.Oc1ccc2c(c1)CCCC2. The van der Waals surface area contributed by atoms with Gasteiger partial charge in [0.05, 0.1) is 7.11 Å². The molecular formula is C33H43FN2O3. The lowest BCUT2D eigenvalue weighted by Crippen LogP contribution is -2.30. The Hall–Kier alpha value is -3.25. The number of phenolic OH excluding ortho intramolecular Hbond substituents is 1. The van der Waals surface area contributed by atoms with E-state index in [4.69, 9.17) is 9.47 Å². The van der Waals surface area contributed by atoms with Crippen LogP contribution in [0.25, 0.3) is 0 Å². The first-order valence-corrected chi connectivity index (χ1v) is 14.3. The number of phenols is 1. The zero-order valence-electron chi connectivity index (χ0n) is 23.7. The third kappa shape index (κ3) is 8.37. The standard InChI is InChI=1S/C23H31FN2O2.C10H12O/c1-18(2)26(20-7-6-8-21(16-20)27-3)17-19-9-10-23(22(24)15-19)28-14-13-25-11-4-5-12-25;11-10-6-5-8-3-1-2-4-9(8)7-10/h6-10,15-16,18H,4-5,11-14,17H2,1-3H3;5-7,11H,1-4H2. The molecule has 0 radical (unpaired) electrons. The van der Waals surface area contributed by atoms with Gasteiger partial charge in [-0.2, -0.15) is 0 Å². The van der Waals surface area contributed by atoms with Crippen molar-refractivity contribution in [3.63, 3.8) is 0 Å². The van der Waals surface area contributed by atoms with Gasteiger partial charge in [0, 0.05) is 30.9 Å². The molecule has 1 saturated heterocycles. The maximum absolute atomic E-state index is 14.5. The molecule has 1 N–H and O–H groups in total. The quantitative estimate of drug-likeness (QED) is 0.320. The third-order valence-corrected chi connectivity index (χ3v) is 7.55. The number of hydrogen-bond acceptors (Lipinski definition) is 5. The van der Waals surface area contributed by atoms with E-state index in [9.17, 15) is 9.50 Å². The molecule has 0 spiro atoms. The predicted molar refractivity (Wildman–Crippen MR) is 157 cm³/mol. The van der Waals surface area contributed by atoms with E-state index in [1.54, 1.807) is 25.3 Å². The number of aryl methyl sites for hydroxylation is 2. The summed E-state index contributed by atoms with van der Waals surface area (Å²) < 4.78 is 25.6. The van der Waals surface area contributed by atoms with Crippen molar-refractivity contribution in [1.29, 1.82) is 0 Å². The summed E-state index contributed by atoms with van der Waals surface area (Å²) in [5.74, 6) is 1.26. The number of nitrogens with zero attached hydrogens (tertiary/aromatic N) is 2. The van der Waals surface area contributed by atoms with E-state index in [2.05, 4.69) is 29.7 Å². The molecule has 6 heteroatoms. The van der Waals surface area contributed by atoms with Gasteiger partial charge in [-0.3, -0.25) is 4.90 Å². The van der Waals surface area contributed by atoms with Crippen LogP contribution in [0.2, 0.25) is 0 Å². The third-order valence-electron chi connectivity index (χ3n) is 7.55. The average molecular weight is 535 g/mol. The molecule has 0 amide bonds. The number of rotatable bonds is 9. The first kappa shape index (κ1) is 28.8. The Morgan fingerprint density at radius 2 is 1.69 bits per heavy atom. The molecule has 0 unspecified atom stereocenters. The van der Waals surface area contributed by atoms with Gasteiger partial charge in [0.2, 0.25) is 0 Å². The molecule has 3 aromatic rings. The number of ether oxygens (including phenoxy) is 2. The van der Waals surface area contributed by atoms with Gasteiger partial charge in [-0.1, -0.05) is 18.2 Å². The maximum Gasteiger partial charge on any atom is 0.165 e. The number of halogens is 1. The van der Waals surface area contributed by atoms with E-state index in [1.165, 1.54) is 43.2 Å². The minimum absolute atomic E-state index is 0.270. The summed E-state index contributed by atoms with van der Waals surface area (Å²) in [7, 11) is 1.66. The van der Waals surface area contributed by atoms with E-state index >= 15 is 0 Å². The minimum Gasteiger partial charge on any atom is -0.508 e. The highest BCUT2D eigenvalue weighted by atomic mass is 19.1. The lowest BCUT2D eigenvalue weighted by atomic mass is 9.92. The number of benzene rings is 3. The molecule has 0 saturated carbocycles. The Bertz CT molecular complexity index is 1190. The van der Waals surface area contributed by atoms with E-state index in [0.717, 1.165) is 43.1 Å². The fourth-order valence-electron chi connectivity index (χ4n) is 5.33. The molecule has 5 nitrogen and oxygen atoms in total. The van der Waals surface area contributed by atoms with E-state index < -0.39 is 0 Å². The van der Waals surface area contributed by atoms with E-state index in [0.29, 0.717) is 24.7 Å². The molecule has 1 fully saturated rings. The zero-order valence-corrected chi connectivity index (χ0v) is 23.7. The van der Waals surface area contributed by atoms with Gasteiger partial charge in [-0.05, 0) is 119 Å². The summed E-state index contributed by atoms with van der Waals surface area (Å²) in [6, 6.07) is 19.2. The molecule has 0 atom stereocenters. The Balaban J connectivity index is 0.000000265. The van der Waals surface area contributed by atoms with Gasteiger partial charge < -0.3 is 19.5 Å². The molecule has 3 aromatic carbocycles.